The largest absolute Gasteiger partial charge is 0.320 e. The van der Waals surface area contributed by atoms with Gasteiger partial charge in [-0.05, 0) is 41.8 Å². The van der Waals surface area contributed by atoms with Crippen LogP contribution in [0.5, 0.6) is 0 Å². The molecule has 2 aromatic heterocycles. The molecule has 2 amide bonds. The number of halogens is 1. The molecule has 8 heteroatoms. The van der Waals surface area contributed by atoms with Gasteiger partial charge >= 0.3 is 0 Å². The topological polar surface area (TPSA) is 76.0 Å². The van der Waals surface area contributed by atoms with Crippen molar-refractivity contribution in [2.24, 2.45) is 0 Å². The minimum absolute atomic E-state index is 0.273. The summed E-state index contributed by atoms with van der Waals surface area (Å²) in [5, 5.41) is 4.90. The molecule has 0 saturated heterocycles. The predicted octanol–water partition coefficient (Wildman–Crippen LogP) is 4.39. The number of imidazole rings is 1. The molecule has 134 valence electrons. The molecule has 0 fully saturated rings. The van der Waals surface area contributed by atoms with E-state index >= 15 is 0 Å². The number of benzene rings is 2. The van der Waals surface area contributed by atoms with Crippen molar-refractivity contribution in [3.8, 4) is 0 Å². The average Bonchev–Trinajstić information content (AvgIpc) is 3.34. The summed E-state index contributed by atoms with van der Waals surface area (Å²) >= 11 is 7.49. The number of carbonyl (C=O) groups excluding carboxylic acids is 2. The summed E-state index contributed by atoms with van der Waals surface area (Å²) < 4.78 is 1.55. The van der Waals surface area contributed by atoms with Crippen LogP contribution in [0.4, 0.5) is 5.69 Å². The molecule has 0 spiro atoms. The van der Waals surface area contributed by atoms with Crippen LogP contribution in [0.2, 0.25) is 5.02 Å². The van der Waals surface area contributed by atoms with Crippen LogP contribution in [0.3, 0.4) is 0 Å². The van der Waals surface area contributed by atoms with Crippen LogP contribution in [0.25, 0.3) is 11.0 Å². The van der Waals surface area contributed by atoms with Gasteiger partial charge in [-0.15, -0.1) is 11.3 Å². The highest BCUT2D eigenvalue weighted by Crippen LogP contribution is 2.24. The van der Waals surface area contributed by atoms with Gasteiger partial charge in [0.05, 0.1) is 26.6 Å². The van der Waals surface area contributed by atoms with Gasteiger partial charge in [0.2, 0.25) is 0 Å². The van der Waals surface area contributed by atoms with Crippen molar-refractivity contribution >= 4 is 51.5 Å². The fraction of sp³-hybridized carbons (Fsp3) is 0. The van der Waals surface area contributed by atoms with Crippen molar-refractivity contribution in [1.29, 1.82) is 0 Å². The molecular formula is C19H13ClN4O2S. The zero-order valence-corrected chi connectivity index (χ0v) is 15.4. The van der Waals surface area contributed by atoms with Crippen LogP contribution < -0.4 is 10.7 Å². The minimum Gasteiger partial charge on any atom is -0.320 e. The lowest BCUT2D eigenvalue weighted by Gasteiger charge is -2.10. The molecule has 4 aromatic rings. The molecule has 0 unspecified atom stereocenters. The lowest BCUT2D eigenvalue weighted by molar-refractivity contribution is 0.100. The number of carbonyl (C=O) groups is 2. The van der Waals surface area contributed by atoms with Crippen LogP contribution in [0.15, 0.2) is 66.3 Å². The number of anilines is 1. The molecular weight excluding hydrogens is 384 g/mol. The van der Waals surface area contributed by atoms with E-state index in [0.29, 0.717) is 21.2 Å². The Morgan fingerprint density at radius 3 is 2.70 bits per heavy atom. The minimum atomic E-state index is -0.346. The fourth-order valence-electron chi connectivity index (χ4n) is 2.58. The van der Waals surface area contributed by atoms with Crippen LogP contribution >= 0.6 is 22.9 Å². The van der Waals surface area contributed by atoms with Crippen molar-refractivity contribution in [1.82, 2.24) is 9.66 Å². The maximum absolute atomic E-state index is 12.6. The molecule has 6 nitrogen and oxygen atoms in total. The van der Waals surface area contributed by atoms with Gasteiger partial charge in [-0.25, -0.2) is 9.66 Å². The Bertz CT molecular complexity index is 1140. The summed E-state index contributed by atoms with van der Waals surface area (Å²) in [5.74, 6) is -0.619. The highest BCUT2D eigenvalue weighted by molar-refractivity contribution is 7.12. The highest BCUT2D eigenvalue weighted by atomic mass is 35.5. The fourth-order valence-corrected chi connectivity index (χ4v) is 3.36. The van der Waals surface area contributed by atoms with Crippen LogP contribution in [-0.2, 0) is 0 Å². The SMILES string of the molecule is O=C(Nn1cnc2ccccc21)c1ccc(Cl)c(NC(=O)c2cccs2)c1. The van der Waals surface area contributed by atoms with Crippen LogP contribution in [0, 0.1) is 0 Å². The van der Waals surface area contributed by atoms with Crippen molar-refractivity contribution in [3.05, 3.63) is 81.8 Å². The van der Waals surface area contributed by atoms with E-state index in [-0.39, 0.29) is 11.8 Å². The molecule has 0 aliphatic rings. The van der Waals surface area contributed by atoms with E-state index in [1.165, 1.54) is 17.7 Å². The molecule has 0 atom stereocenters. The van der Waals surface area contributed by atoms with Gasteiger partial charge in [-0.2, -0.15) is 0 Å². The molecule has 27 heavy (non-hydrogen) atoms. The molecule has 2 aromatic carbocycles. The molecule has 0 aliphatic carbocycles. The molecule has 2 N–H and O–H groups in total. The molecule has 4 rings (SSSR count). The first-order chi connectivity index (χ1) is 13.1. The quantitative estimate of drug-likeness (QED) is 0.537. The third kappa shape index (κ3) is 3.55. The monoisotopic (exact) mass is 396 g/mol. The Morgan fingerprint density at radius 1 is 1.04 bits per heavy atom. The van der Waals surface area contributed by atoms with Gasteiger partial charge in [-0.3, -0.25) is 15.0 Å². The normalized spacial score (nSPS) is 10.7. The molecule has 0 radical (unpaired) electrons. The molecule has 0 aliphatic heterocycles. The Kier molecular flexibility index (Phi) is 4.62. The van der Waals surface area contributed by atoms with E-state index < -0.39 is 0 Å². The maximum Gasteiger partial charge on any atom is 0.270 e. The number of nitrogens with zero attached hydrogens (tertiary/aromatic N) is 2. The maximum atomic E-state index is 12.6. The molecule has 0 bridgehead atoms. The van der Waals surface area contributed by atoms with E-state index in [4.69, 9.17) is 11.6 Å². The van der Waals surface area contributed by atoms with E-state index in [1.54, 1.807) is 35.0 Å². The first-order valence-corrected chi connectivity index (χ1v) is 9.25. The van der Waals surface area contributed by atoms with E-state index in [2.05, 4.69) is 15.7 Å². The van der Waals surface area contributed by atoms with Gasteiger partial charge in [-0.1, -0.05) is 29.8 Å². The summed E-state index contributed by atoms with van der Waals surface area (Å²) in [6.07, 6.45) is 1.54. The molecule has 2 heterocycles. The Labute approximate surface area is 163 Å². The van der Waals surface area contributed by atoms with Crippen LogP contribution in [0.1, 0.15) is 20.0 Å². The Morgan fingerprint density at radius 2 is 1.89 bits per heavy atom. The lowest BCUT2D eigenvalue weighted by atomic mass is 10.2. The summed E-state index contributed by atoms with van der Waals surface area (Å²) in [7, 11) is 0. The van der Waals surface area contributed by atoms with Gasteiger partial charge < -0.3 is 5.32 Å². The summed E-state index contributed by atoms with van der Waals surface area (Å²) in [4.78, 5) is 29.7. The number of hydrogen-bond donors (Lipinski definition) is 2. The number of nitrogens with one attached hydrogen (secondary N) is 2. The van der Waals surface area contributed by atoms with E-state index in [1.807, 2.05) is 29.6 Å². The van der Waals surface area contributed by atoms with Gasteiger partial charge in [0.1, 0.15) is 6.33 Å². The number of thiophene rings is 1. The van der Waals surface area contributed by atoms with Crippen molar-refractivity contribution in [3.63, 3.8) is 0 Å². The number of rotatable bonds is 4. The second-order valence-electron chi connectivity index (χ2n) is 5.67. The number of para-hydroxylation sites is 2. The van der Waals surface area contributed by atoms with Gasteiger partial charge in [0.15, 0.2) is 0 Å². The zero-order chi connectivity index (χ0) is 18.8. The van der Waals surface area contributed by atoms with Crippen molar-refractivity contribution in [2.75, 3.05) is 10.7 Å². The number of fused-ring (bicyclic) bond motifs is 1. The molecule has 0 saturated carbocycles. The smallest absolute Gasteiger partial charge is 0.270 e. The van der Waals surface area contributed by atoms with Gasteiger partial charge in [0.25, 0.3) is 11.8 Å². The average molecular weight is 397 g/mol. The van der Waals surface area contributed by atoms with E-state index in [0.717, 1.165) is 11.0 Å². The van der Waals surface area contributed by atoms with Gasteiger partial charge in [0, 0.05) is 5.56 Å². The predicted molar refractivity (Wildman–Crippen MR) is 107 cm³/mol. The zero-order valence-electron chi connectivity index (χ0n) is 13.8. The first kappa shape index (κ1) is 17.3. The third-order valence-electron chi connectivity index (χ3n) is 3.90. The Balaban J connectivity index is 1.56. The Hall–Kier alpha value is -3.16. The third-order valence-corrected chi connectivity index (χ3v) is 5.10. The van der Waals surface area contributed by atoms with Crippen molar-refractivity contribution in [2.45, 2.75) is 0 Å². The standard InChI is InChI=1S/C19H13ClN4O2S/c20-13-8-7-12(10-15(13)22-19(26)17-6-3-9-27-17)18(25)23-24-11-21-14-4-1-2-5-16(14)24/h1-11H,(H,22,26)(H,23,25). The van der Waals surface area contributed by atoms with Crippen molar-refractivity contribution < 1.29 is 9.59 Å². The number of hydrogen-bond acceptors (Lipinski definition) is 4. The second-order valence-corrected chi connectivity index (χ2v) is 7.03. The first-order valence-electron chi connectivity index (χ1n) is 8.00. The number of aromatic nitrogens is 2. The second kappa shape index (κ2) is 7.22. The van der Waals surface area contributed by atoms with Crippen LogP contribution in [-0.4, -0.2) is 21.5 Å². The summed E-state index contributed by atoms with van der Waals surface area (Å²) in [6.45, 7) is 0. The lowest BCUT2D eigenvalue weighted by Crippen LogP contribution is -2.22. The highest BCUT2D eigenvalue weighted by Gasteiger charge is 2.14. The number of amides is 2. The summed E-state index contributed by atoms with van der Waals surface area (Å²) in [5.41, 5.74) is 5.06. The van der Waals surface area contributed by atoms with E-state index in [9.17, 15) is 9.59 Å². The summed E-state index contributed by atoms with van der Waals surface area (Å²) in [6, 6.07) is 15.7.